The van der Waals surface area contributed by atoms with Crippen molar-refractivity contribution >= 4 is 24.2 Å². The van der Waals surface area contributed by atoms with Gasteiger partial charge in [0.15, 0.2) is 5.76 Å². The molecule has 0 aliphatic rings. The number of nitrogens with zero attached hydrogens (tertiary/aromatic N) is 1. The molecule has 10 heteroatoms. The topological polar surface area (TPSA) is 127 Å². The average Bonchev–Trinajstić information content (AvgIpc) is 3.53. The fourth-order valence-electron chi connectivity index (χ4n) is 4.71. The molecule has 3 rings (SSSR count). The first-order chi connectivity index (χ1) is 20.9. The van der Waals surface area contributed by atoms with E-state index >= 15 is 0 Å². The van der Waals surface area contributed by atoms with E-state index in [1.807, 2.05) is 37.3 Å². The van der Waals surface area contributed by atoms with Crippen LogP contribution < -0.4 is 10.6 Å². The summed E-state index contributed by atoms with van der Waals surface area (Å²) in [6.07, 6.45) is 4.47. The Morgan fingerprint density at radius 1 is 0.930 bits per heavy atom. The van der Waals surface area contributed by atoms with Gasteiger partial charge in [0.05, 0.1) is 30.8 Å². The van der Waals surface area contributed by atoms with Crippen molar-refractivity contribution in [3.63, 3.8) is 0 Å². The number of amides is 3. The highest BCUT2D eigenvalue weighted by atomic mass is 16.7. The number of esters is 1. The number of hydroxylamine groups is 2. The summed E-state index contributed by atoms with van der Waals surface area (Å²) in [5, 5.41) is 6.69. The van der Waals surface area contributed by atoms with Gasteiger partial charge >= 0.3 is 5.97 Å². The quantitative estimate of drug-likeness (QED) is 0.0658. The number of hydrogen-bond acceptors (Lipinski definition) is 7. The third kappa shape index (κ3) is 9.82. The fourth-order valence-corrected chi connectivity index (χ4v) is 4.71. The number of carbonyl (C=O) groups excluding carboxylic acids is 4. The monoisotopic (exact) mass is 591 g/mol. The minimum atomic E-state index is -0.526. The molecule has 0 fully saturated rings. The molecule has 3 amide bonds. The normalized spacial score (nSPS) is 12.2. The van der Waals surface area contributed by atoms with Crippen molar-refractivity contribution in [2.45, 2.75) is 65.5 Å². The van der Waals surface area contributed by atoms with Gasteiger partial charge in [0, 0.05) is 5.56 Å². The number of nitrogens with one attached hydrogen (secondary N) is 2. The van der Waals surface area contributed by atoms with E-state index in [1.54, 1.807) is 43.3 Å². The molecule has 0 aliphatic carbocycles. The van der Waals surface area contributed by atoms with Gasteiger partial charge in [-0.25, -0.2) is 9.86 Å². The van der Waals surface area contributed by atoms with Crippen LogP contribution in [0.3, 0.4) is 0 Å². The highest BCUT2D eigenvalue weighted by molar-refractivity contribution is 5.92. The van der Waals surface area contributed by atoms with Crippen molar-refractivity contribution in [3.05, 3.63) is 83.6 Å². The Bertz CT molecular complexity index is 1310. The van der Waals surface area contributed by atoms with Gasteiger partial charge in [0.1, 0.15) is 12.4 Å². The lowest BCUT2D eigenvalue weighted by atomic mass is 9.90. The zero-order chi connectivity index (χ0) is 31.0. The SMILES string of the molecule is CCCCCC(C(=O)NCNC(=O)c1ccc(-c2ccc(C(=O)OCC)cc2)o1)[C@@H](CC)N(C=O)OCc1ccccc1. The molecule has 10 nitrogen and oxygen atoms in total. The molecular weight excluding hydrogens is 550 g/mol. The first-order valence-electron chi connectivity index (χ1n) is 14.7. The Hall–Kier alpha value is -4.44. The van der Waals surface area contributed by atoms with E-state index in [-0.39, 0.29) is 31.5 Å². The molecule has 43 heavy (non-hydrogen) atoms. The maximum Gasteiger partial charge on any atom is 0.338 e. The lowest BCUT2D eigenvalue weighted by Gasteiger charge is -2.32. The number of unbranched alkanes of at least 4 members (excludes halogenated alkanes) is 2. The molecule has 2 atom stereocenters. The van der Waals surface area contributed by atoms with Crippen molar-refractivity contribution in [3.8, 4) is 11.3 Å². The summed E-state index contributed by atoms with van der Waals surface area (Å²) in [5.41, 5.74) is 2.02. The molecule has 1 heterocycles. The molecule has 2 N–H and O–H groups in total. The third-order valence-corrected chi connectivity index (χ3v) is 7.01. The first-order valence-corrected chi connectivity index (χ1v) is 14.7. The van der Waals surface area contributed by atoms with Gasteiger partial charge in [-0.05, 0) is 49.6 Å². The Labute approximate surface area is 252 Å². The molecule has 0 bridgehead atoms. The molecule has 230 valence electrons. The Balaban J connectivity index is 1.59. The minimum Gasteiger partial charge on any atom is -0.462 e. The molecule has 2 aromatic carbocycles. The fraction of sp³-hybridized carbons (Fsp3) is 0.394. The predicted octanol–water partition coefficient (Wildman–Crippen LogP) is 5.49. The van der Waals surface area contributed by atoms with E-state index in [4.69, 9.17) is 14.0 Å². The molecule has 1 unspecified atom stereocenters. The number of rotatable bonds is 18. The van der Waals surface area contributed by atoms with Crippen molar-refractivity contribution in [1.82, 2.24) is 15.7 Å². The summed E-state index contributed by atoms with van der Waals surface area (Å²) in [5.74, 6) is -1.18. The minimum absolute atomic E-state index is 0.0751. The number of hydrogen-bond donors (Lipinski definition) is 2. The molecule has 0 saturated carbocycles. The van der Waals surface area contributed by atoms with Gasteiger partial charge in [-0.2, -0.15) is 0 Å². The first kappa shape index (κ1) is 33.1. The Morgan fingerprint density at radius 3 is 2.33 bits per heavy atom. The van der Waals surface area contributed by atoms with Gasteiger partial charge < -0.3 is 19.8 Å². The van der Waals surface area contributed by atoms with Crippen LogP contribution in [0.15, 0.2) is 71.1 Å². The molecule has 0 aliphatic heterocycles. The van der Waals surface area contributed by atoms with Gasteiger partial charge in [0.25, 0.3) is 5.91 Å². The highest BCUT2D eigenvalue weighted by Gasteiger charge is 2.32. The summed E-state index contributed by atoms with van der Waals surface area (Å²) in [6.45, 7) is 6.11. The van der Waals surface area contributed by atoms with Gasteiger partial charge in [-0.1, -0.05) is 75.6 Å². The second-order valence-electron chi connectivity index (χ2n) is 9.99. The smallest absolute Gasteiger partial charge is 0.338 e. The number of ether oxygens (including phenoxy) is 1. The van der Waals surface area contributed by atoms with Crippen LogP contribution >= 0.6 is 0 Å². The molecule has 0 spiro atoms. The molecule has 0 saturated heterocycles. The van der Waals surface area contributed by atoms with E-state index in [0.717, 1.165) is 24.8 Å². The van der Waals surface area contributed by atoms with Crippen LogP contribution in [0.5, 0.6) is 0 Å². The van der Waals surface area contributed by atoms with E-state index in [0.29, 0.717) is 36.1 Å². The Morgan fingerprint density at radius 2 is 1.67 bits per heavy atom. The van der Waals surface area contributed by atoms with Crippen molar-refractivity contribution < 1.29 is 33.2 Å². The molecule has 3 aromatic rings. The predicted molar refractivity (Wildman–Crippen MR) is 161 cm³/mol. The lowest BCUT2D eigenvalue weighted by molar-refractivity contribution is -0.200. The van der Waals surface area contributed by atoms with Crippen molar-refractivity contribution in [1.29, 1.82) is 0 Å². The summed E-state index contributed by atoms with van der Waals surface area (Å²) in [6, 6.07) is 18.9. The lowest BCUT2D eigenvalue weighted by Crippen LogP contribution is -2.48. The summed E-state index contributed by atoms with van der Waals surface area (Å²) in [7, 11) is 0. The van der Waals surface area contributed by atoms with E-state index in [2.05, 4.69) is 17.6 Å². The molecule has 1 aromatic heterocycles. The summed E-state index contributed by atoms with van der Waals surface area (Å²) < 4.78 is 10.7. The number of furan rings is 1. The summed E-state index contributed by atoms with van der Waals surface area (Å²) >= 11 is 0. The van der Waals surface area contributed by atoms with Crippen LogP contribution in [-0.2, 0) is 25.8 Å². The molecule has 0 radical (unpaired) electrons. The average molecular weight is 592 g/mol. The molecular formula is C33H41N3O7. The largest absolute Gasteiger partial charge is 0.462 e. The summed E-state index contributed by atoms with van der Waals surface area (Å²) in [4.78, 5) is 55.8. The van der Waals surface area contributed by atoms with E-state index < -0.39 is 23.8 Å². The van der Waals surface area contributed by atoms with E-state index in [1.165, 1.54) is 5.06 Å². The van der Waals surface area contributed by atoms with Crippen LogP contribution in [0.4, 0.5) is 0 Å². The number of carbonyl (C=O) groups is 4. The maximum atomic E-state index is 13.3. The second kappa shape index (κ2) is 17.5. The standard InChI is InChI=1S/C33H41N3O7/c1-4-7-9-14-27(28(5-2)36(23-37)42-21-24-12-10-8-11-13-24)31(38)34-22-35-32(39)30-20-19-29(43-30)25-15-17-26(18-16-25)33(40)41-6-3/h8,10-13,15-20,23,27-28H,4-7,9,14,21-22H2,1-3H3,(H,34,38)(H,35,39)/t27?,28-/m1/s1. The van der Waals surface area contributed by atoms with Crippen LogP contribution in [0.1, 0.15) is 79.4 Å². The second-order valence-corrected chi connectivity index (χ2v) is 9.99. The van der Waals surface area contributed by atoms with E-state index in [9.17, 15) is 19.2 Å². The van der Waals surface area contributed by atoms with Crippen LogP contribution in [0, 0.1) is 5.92 Å². The third-order valence-electron chi connectivity index (χ3n) is 7.01. The van der Waals surface area contributed by atoms with Gasteiger partial charge in [-0.15, -0.1) is 0 Å². The number of benzene rings is 2. The highest BCUT2D eigenvalue weighted by Crippen LogP contribution is 2.24. The van der Waals surface area contributed by atoms with Crippen LogP contribution in [0.25, 0.3) is 11.3 Å². The van der Waals surface area contributed by atoms with Gasteiger partial charge in [0.2, 0.25) is 12.3 Å². The Kier molecular flexibility index (Phi) is 13.5. The van der Waals surface area contributed by atoms with Crippen LogP contribution in [-0.4, -0.2) is 48.6 Å². The van der Waals surface area contributed by atoms with Crippen molar-refractivity contribution in [2.75, 3.05) is 13.3 Å². The zero-order valence-corrected chi connectivity index (χ0v) is 25.0. The van der Waals surface area contributed by atoms with Gasteiger partial charge in [-0.3, -0.25) is 19.2 Å². The van der Waals surface area contributed by atoms with Crippen LogP contribution in [0.2, 0.25) is 0 Å². The maximum absolute atomic E-state index is 13.3. The zero-order valence-electron chi connectivity index (χ0n) is 25.0. The van der Waals surface area contributed by atoms with Crippen molar-refractivity contribution in [2.24, 2.45) is 5.92 Å².